The summed E-state index contributed by atoms with van der Waals surface area (Å²) in [5.74, 6) is 0. The smallest absolute Gasteiger partial charge is 0.394 e. The molecule has 0 bridgehead atoms. The Balaban J connectivity index is 2.04. The normalized spacial score (nSPS) is 18.9. The molecule has 1 aromatic heterocycles. The molecule has 2 unspecified atom stereocenters. The van der Waals surface area contributed by atoms with Gasteiger partial charge in [-0.1, -0.05) is 43.3 Å². The van der Waals surface area contributed by atoms with Crippen LogP contribution in [-0.2, 0) is 5.60 Å². The first-order valence-electron chi connectivity index (χ1n) is 10.1. The van der Waals surface area contributed by atoms with E-state index in [0.29, 0.717) is 34.2 Å². The summed E-state index contributed by atoms with van der Waals surface area (Å²) in [5.41, 5.74) is -1.04. The van der Waals surface area contributed by atoms with Crippen molar-refractivity contribution in [1.82, 2.24) is 9.78 Å². The number of fused-ring (bicyclic) bond motifs is 3. The Morgan fingerprint density at radius 3 is 2.55 bits per heavy atom. The molecule has 7 heteroatoms. The van der Waals surface area contributed by atoms with Crippen LogP contribution in [0.2, 0.25) is 0 Å². The number of halogens is 3. The molecular weight excluding hydrogens is 405 g/mol. The van der Waals surface area contributed by atoms with Crippen molar-refractivity contribution in [2.75, 3.05) is 6.61 Å². The van der Waals surface area contributed by atoms with Crippen LogP contribution in [0, 0.1) is 0 Å². The van der Waals surface area contributed by atoms with Crippen molar-refractivity contribution >= 4 is 6.08 Å². The van der Waals surface area contributed by atoms with Gasteiger partial charge in [-0.05, 0) is 47.7 Å². The minimum Gasteiger partial charge on any atom is -0.394 e. The van der Waals surface area contributed by atoms with Crippen LogP contribution in [0.5, 0.6) is 0 Å². The summed E-state index contributed by atoms with van der Waals surface area (Å²) in [6, 6.07) is 9.07. The molecule has 0 saturated heterocycles. The molecule has 162 valence electrons. The molecule has 2 atom stereocenters. The molecule has 3 aromatic rings. The van der Waals surface area contributed by atoms with Crippen molar-refractivity contribution in [2.45, 2.75) is 38.1 Å². The average Bonchev–Trinajstić information content (AvgIpc) is 3.32. The number of rotatable bonds is 5. The topological polar surface area (TPSA) is 58.3 Å². The second-order valence-corrected chi connectivity index (χ2v) is 7.70. The molecule has 1 aliphatic rings. The summed E-state index contributed by atoms with van der Waals surface area (Å²) < 4.78 is 44.4. The van der Waals surface area contributed by atoms with Crippen LogP contribution in [0.4, 0.5) is 13.2 Å². The first-order chi connectivity index (χ1) is 14.8. The fourth-order valence-corrected chi connectivity index (χ4v) is 4.30. The molecule has 31 heavy (non-hydrogen) atoms. The van der Waals surface area contributed by atoms with Crippen molar-refractivity contribution in [3.05, 3.63) is 71.6 Å². The van der Waals surface area contributed by atoms with Gasteiger partial charge in [0.2, 0.25) is 5.60 Å². The minimum absolute atomic E-state index is 0.0923. The maximum Gasteiger partial charge on any atom is 0.425 e. The largest absolute Gasteiger partial charge is 0.425 e. The van der Waals surface area contributed by atoms with E-state index in [1.165, 1.54) is 18.2 Å². The number of aliphatic hydroxyl groups is 2. The molecular formula is C24H23F3N2O2. The predicted molar refractivity (Wildman–Crippen MR) is 113 cm³/mol. The van der Waals surface area contributed by atoms with E-state index >= 15 is 0 Å². The Kier molecular flexibility index (Phi) is 5.27. The van der Waals surface area contributed by atoms with Crippen molar-refractivity contribution < 1.29 is 23.4 Å². The molecule has 1 heterocycles. The fourth-order valence-electron chi connectivity index (χ4n) is 4.30. The van der Waals surface area contributed by atoms with Crippen LogP contribution >= 0.6 is 0 Å². The van der Waals surface area contributed by atoms with Crippen LogP contribution < -0.4 is 0 Å². The second-order valence-electron chi connectivity index (χ2n) is 7.70. The second kappa shape index (κ2) is 7.66. The highest BCUT2D eigenvalue weighted by atomic mass is 19.4. The van der Waals surface area contributed by atoms with E-state index in [9.17, 15) is 23.4 Å². The highest BCUT2D eigenvalue weighted by molar-refractivity contribution is 5.93. The van der Waals surface area contributed by atoms with Gasteiger partial charge in [0, 0.05) is 22.9 Å². The zero-order chi connectivity index (χ0) is 22.4. The Bertz CT molecular complexity index is 1150. The molecule has 1 aliphatic carbocycles. The van der Waals surface area contributed by atoms with Gasteiger partial charge in [0.15, 0.2) is 0 Å². The zero-order valence-electron chi connectivity index (χ0n) is 17.2. The maximum absolute atomic E-state index is 14.2. The summed E-state index contributed by atoms with van der Waals surface area (Å²) in [6.07, 6.45) is 2.52. The predicted octanol–water partition coefficient (Wildman–Crippen LogP) is 5.31. The van der Waals surface area contributed by atoms with Gasteiger partial charge in [0.25, 0.3) is 0 Å². The zero-order valence-corrected chi connectivity index (χ0v) is 17.2. The van der Waals surface area contributed by atoms with Crippen LogP contribution in [0.1, 0.15) is 43.0 Å². The van der Waals surface area contributed by atoms with Crippen LogP contribution in [0.15, 0.2) is 54.9 Å². The number of nitrogens with zero attached hydrogens (tertiary/aromatic N) is 2. The molecule has 2 N–H and O–H groups in total. The number of aromatic nitrogens is 2. The monoisotopic (exact) mass is 428 g/mol. The lowest BCUT2D eigenvalue weighted by molar-refractivity contribution is -0.246. The summed E-state index contributed by atoms with van der Waals surface area (Å²) >= 11 is 0. The third kappa shape index (κ3) is 3.20. The van der Waals surface area contributed by atoms with Crippen molar-refractivity contribution in [3.63, 3.8) is 0 Å². The number of hydrogen-bond donors (Lipinski definition) is 2. The van der Waals surface area contributed by atoms with E-state index in [1.807, 2.05) is 6.92 Å². The number of alkyl halides is 3. The lowest BCUT2D eigenvalue weighted by Crippen LogP contribution is -2.41. The molecule has 0 saturated carbocycles. The number of allylic oxidation sites excluding steroid dienone is 1. The SMILES string of the molecule is C/C=C/c1cc(-c2cnn(C(CC)CO)c2)c2c(c1)C(O)(C(F)(F)F)c1ccccc1-2. The van der Waals surface area contributed by atoms with Crippen molar-refractivity contribution in [2.24, 2.45) is 0 Å². The number of aliphatic hydroxyl groups excluding tert-OH is 1. The maximum atomic E-state index is 14.2. The highest BCUT2D eigenvalue weighted by Gasteiger charge is 2.61. The van der Waals surface area contributed by atoms with E-state index in [1.54, 1.807) is 54.4 Å². The highest BCUT2D eigenvalue weighted by Crippen LogP contribution is 2.57. The van der Waals surface area contributed by atoms with Crippen LogP contribution in [0.3, 0.4) is 0 Å². The van der Waals surface area contributed by atoms with E-state index in [-0.39, 0.29) is 23.8 Å². The van der Waals surface area contributed by atoms with Crippen LogP contribution in [0.25, 0.3) is 28.3 Å². The molecule has 0 spiro atoms. The van der Waals surface area contributed by atoms with E-state index < -0.39 is 11.8 Å². The van der Waals surface area contributed by atoms with Gasteiger partial charge in [0.1, 0.15) is 0 Å². The Labute approximate surface area is 178 Å². The van der Waals surface area contributed by atoms with Gasteiger partial charge >= 0.3 is 6.18 Å². The first kappa shape index (κ1) is 21.3. The van der Waals surface area contributed by atoms with Crippen molar-refractivity contribution in [1.29, 1.82) is 0 Å². The Morgan fingerprint density at radius 2 is 1.90 bits per heavy atom. The summed E-state index contributed by atoms with van der Waals surface area (Å²) in [7, 11) is 0. The fraction of sp³-hybridized carbons (Fsp3) is 0.292. The van der Waals surface area contributed by atoms with Gasteiger partial charge in [0.05, 0.1) is 18.8 Å². The lowest BCUT2D eigenvalue weighted by atomic mass is 9.88. The lowest BCUT2D eigenvalue weighted by Gasteiger charge is -2.28. The summed E-state index contributed by atoms with van der Waals surface area (Å²) in [5, 5.41) is 25.0. The Hall–Kier alpha value is -2.90. The quantitative estimate of drug-likeness (QED) is 0.579. The van der Waals surface area contributed by atoms with E-state index in [0.717, 1.165) is 0 Å². The molecule has 0 fully saturated rings. The molecule has 2 aromatic carbocycles. The van der Waals surface area contributed by atoms with Crippen molar-refractivity contribution in [3.8, 4) is 22.3 Å². The van der Waals surface area contributed by atoms with Gasteiger partial charge < -0.3 is 10.2 Å². The molecule has 0 radical (unpaired) electrons. The molecule has 4 nitrogen and oxygen atoms in total. The number of benzene rings is 2. The molecule has 0 aliphatic heterocycles. The van der Waals surface area contributed by atoms with Crippen LogP contribution in [-0.4, -0.2) is 32.8 Å². The first-order valence-corrected chi connectivity index (χ1v) is 10.1. The van der Waals surface area contributed by atoms with Gasteiger partial charge in [-0.3, -0.25) is 4.68 Å². The minimum atomic E-state index is -4.89. The van der Waals surface area contributed by atoms with Gasteiger partial charge in [-0.25, -0.2) is 0 Å². The Morgan fingerprint density at radius 1 is 1.16 bits per heavy atom. The summed E-state index contributed by atoms with van der Waals surface area (Å²) in [6.45, 7) is 3.61. The summed E-state index contributed by atoms with van der Waals surface area (Å²) in [4.78, 5) is 0. The third-order valence-electron chi connectivity index (χ3n) is 5.87. The standard InChI is InChI=1S/C24H23F3N2O2/c1-3-7-15-10-19(16-12-28-29(13-16)17(4-2)14-30)22-18-8-5-6-9-20(18)23(31,21(22)11-15)24(25,26)27/h3,5-13,17,30-31H,4,14H2,1-2H3/b7-3+. The van der Waals surface area contributed by atoms with Gasteiger partial charge in [-0.2, -0.15) is 18.3 Å². The molecule has 0 amide bonds. The molecule has 4 rings (SSSR count). The average molecular weight is 428 g/mol. The third-order valence-corrected chi connectivity index (χ3v) is 5.87. The number of hydrogen-bond acceptors (Lipinski definition) is 3. The van der Waals surface area contributed by atoms with Gasteiger partial charge in [-0.15, -0.1) is 0 Å². The van der Waals surface area contributed by atoms with E-state index in [4.69, 9.17) is 0 Å². The van der Waals surface area contributed by atoms with E-state index in [2.05, 4.69) is 5.10 Å².